The van der Waals surface area contributed by atoms with Crippen LogP contribution in [0.15, 0.2) is 34.5 Å². The van der Waals surface area contributed by atoms with E-state index in [2.05, 4.69) is 10.4 Å². The van der Waals surface area contributed by atoms with E-state index in [1.807, 2.05) is 49.9 Å². The summed E-state index contributed by atoms with van der Waals surface area (Å²) in [4.78, 5) is 20.2. The molecule has 2 atom stereocenters. The zero-order valence-corrected chi connectivity index (χ0v) is 15.8. The summed E-state index contributed by atoms with van der Waals surface area (Å²) >= 11 is 3.42. The van der Waals surface area contributed by atoms with Crippen molar-refractivity contribution < 1.29 is 9.53 Å². The quantitative estimate of drug-likeness (QED) is 0.771. The number of thiazole rings is 1. The van der Waals surface area contributed by atoms with Gasteiger partial charge in [-0.15, -0.1) is 23.1 Å². The van der Waals surface area contributed by atoms with Gasteiger partial charge >= 0.3 is 0 Å². The molecule has 0 aliphatic carbocycles. The van der Waals surface area contributed by atoms with Crippen LogP contribution in [-0.4, -0.2) is 41.1 Å². The SMILES string of the molecule is Cc1nc(CSc2ccc(C(=O)N3C[C@H](C)O[C@@H](C)C3)cc2)cs1. The van der Waals surface area contributed by atoms with Crippen molar-refractivity contribution >= 4 is 29.0 Å². The zero-order valence-electron chi connectivity index (χ0n) is 14.2. The summed E-state index contributed by atoms with van der Waals surface area (Å²) in [6, 6.07) is 7.87. The Labute approximate surface area is 151 Å². The lowest BCUT2D eigenvalue weighted by atomic mass is 10.1. The van der Waals surface area contributed by atoms with Crippen LogP contribution >= 0.6 is 23.1 Å². The van der Waals surface area contributed by atoms with Crippen LogP contribution in [-0.2, 0) is 10.5 Å². The topological polar surface area (TPSA) is 42.4 Å². The van der Waals surface area contributed by atoms with Crippen LogP contribution in [0.4, 0.5) is 0 Å². The molecule has 1 aromatic carbocycles. The van der Waals surface area contributed by atoms with Crippen LogP contribution in [0.3, 0.4) is 0 Å². The molecule has 24 heavy (non-hydrogen) atoms. The van der Waals surface area contributed by atoms with E-state index >= 15 is 0 Å². The Morgan fingerprint density at radius 1 is 1.29 bits per heavy atom. The average molecular weight is 363 g/mol. The highest BCUT2D eigenvalue weighted by atomic mass is 32.2. The Kier molecular flexibility index (Phi) is 5.58. The summed E-state index contributed by atoms with van der Waals surface area (Å²) in [5.74, 6) is 0.944. The van der Waals surface area contributed by atoms with Crippen molar-refractivity contribution in [2.24, 2.45) is 0 Å². The van der Waals surface area contributed by atoms with Crippen LogP contribution < -0.4 is 0 Å². The fourth-order valence-electron chi connectivity index (χ4n) is 2.85. The average Bonchev–Trinajstić information content (AvgIpc) is 2.97. The number of hydrogen-bond donors (Lipinski definition) is 0. The summed E-state index contributed by atoms with van der Waals surface area (Å²) in [6.45, 7) is 7.35. The fraction of sp³-hybridized carbons (Fsp3) is 0.444. The first kappa shape index (κ1) is 17.5. The van der Waals surface area contributed by atoms with Crippen molar-refractivity contribution in [1.29, 1.82) is 0 Å². The molecule has 2 aromatic rings. The number of rotatable bonds is 4. The second-order valence-electron chi connectivity index (χ2n) is 6.14. The van der Waals surface area contributed by atoms with E-state index in [1.165, 1.54) is 0 Å². The summed E-state index contributed by atoms with van der Waals surface area (Å²) in [6.07, 6.45) is 0.184. The molecule has 0 unspecified atom stereocenters. The smallest absolute Gasteiger partial charge is 0.254 e. The van der Waals surface area contributed by atoms with Crippen LogP contribution in [0, 0.1) is 6.92 Å². The summed E-state index contributed by atoms with van der Waals surface area (Å²) in [5.41, 5.74) is 1.85. The van der Waals surface area contributed by atoms with Gasteiger partial charge in [-0.3, -0.25) is 4.79 Å². The summed E-state index contributed by atoms with van der Waals surface area (Å²) < 4.78 is 5.69. The Hall–Kier alpha value is -1.37. The standard InChI is InChI=1S/C18H22N2O2S2/c1-12-8-20(9-13(2)22-12)18(21)15-4-6-17(7-5-15)24-11-16-10-23-14(3)19-16/h4-7,10,12-13H,8-9,11H2,1-3H3/t12-,13-/m0/s1. The van der Waals surface area contributed by atoms with E-state index in [0.29, 0.717) is 13.1 Å². The lowest BCUT2D eigenvalue weighted by Gasteiger charge is -2.35. The Balaban J connectivity index is 1.60. The molecule has 3 rings (SSSR count). The highest BCUT2D eigenvalue weighted by Crippen LogP contribution is 2.24. The molecule has 128 valence electrons. The van der Waals surface area contributed by atoms with E-state index < -0.39 is 0 Å². The fourth-order valence-corrected chi connectivity index (χ4v) is 4.36. The molecule has 1 amide bonds. The molecule has 0 bridgehead atoms. The molecule has 1 aliphatic rings. The molecule has 1 saturated heterocycles. The first-order valence-corrected chi connectivity index (χ1v) is 9.96. The van der Waals surface area contributed by atoms with Gasteiger partial charge in [-0.05, 0) is 45.0 Å². The van der Waals surface area contributed by atoms with Gasteiger partial charge < -0.3 is 9.64 Å². The molecule has 1 aliphatic heterocycles. The highest BCUT2D eigenvalue weighted by Gasteiger charge is 2.26. The largest absolute Gasteiger partial charge is 0.372 e. The monoisotopic (exact) mass is 362 g/mol. The number of benzene rings is 1. The number of amides is 1. The van der Waals surface area contributed by atoms with Crippen LogP contribution in [0.25, 0.3) is 0 Å². The maximum Gasteiger partial charge on any atom is 0.254 e. The van der Waals surface area contributed by atoms with E-state index in [9.17, 15) is 4.79 Å². The maximum absolute atomic E-state index is 12.6. The number of ether oxygens (including phenoxy) is 1. The van der Waals surface area contributed by atoms with Gasteiger partial charge in [0.2, 0.25) is 0 Å². The van der Waals surface area contributed by atoms with Crippen molar-refractivity contribution in [3.63, 3.8) is 0 Å². The minimum Gasteiger partial charge on any atom is -0.372 e. The molecule has 0 N–H and O–H groups in total. The number of hydrogen-bond acceptors (Lipinski definition) is 5. The van der Waals surface area contributed by atoms with Gasteiger partial charge in [0.1, 0.15) is 0 Å². The van der Waals surface area contributed by atoms with Crippen molar-refractivity contribution in [3.05, 3.63) is 45.9 Å². The molecule has 6 heteroatoms. The van der Waals surface area contributed by atoms with E-state index in [-0.39, 0.29) is 18.1 Å². The Bertz CT molecular complexity index is 689. The second kappa shape index (κ2) is 7.68. The van der Waals surface area contributed by atoms with Gasteiger partial charge in [0, 0.05) is 34.7 Å². The predicted octanol–water partition coefficient (Wildman–Crippen LogP) is 3.99. The third-order valence-corrected chi connectivity index (χ3v) is 5.73. The predicted molar refractivity (Wildman–Crippen MR) is 98.8 cm³/mol. The van der Waals surface area contributed by atoms with Gasteiger partial charge in [0.25, 0.3) is 5.91 Å². The number of aromatic nitrogens is 1. The van der Waals surface area contributed by atoms with Crippen LogP contribution in [0.1, 0.15) is 34.9 Å². The van der Waals surface area contributed by atoms with Gasteiger partial charge in [-0.25, -0.2) is 4.98 Å². The Morgan fingerprint density at radius 3 is 2.54 bits per heavy atom. The van der Waals surface area contributed by atoms with Crippen molar-refractivity contribution in [3.8, 4) is 0 Å². The number of carbonyl (C=O) groups is 1. The molecular weight excluding hydrogens is 340 g/mol. The van der Waals surface area contributed by atoms with Gasteiger partial charge in [-0.2, -0.15) is 0 Å². The lowest BCUT2D eigenvalue weighted by molar-refractivity contribution is -0.0586. The normalized spacial score (nSPS) is 21.0. The zero-order chi connectivity index (χ0) is 17.1. The molecule has 1 aromatic heterocycles. The van der Waals surface area contributed by atoms with Crippen LogP contribution in [0.5, 0.6) is 0 Å². The minimum absolute atomic E-state index is 0.0867. The molecule has 4 nitrogen and oxygen atoms in total. The first-order chi connectivity index (χ1) is 11.5. The number of aryl methyl sites for hydroxylation is 1. The number of carbonyl (C=O) groups excluding carboxylic acids is 1. The van der Waals surface area contributed by atoms with Gasteiger partial charge in [0.05, 0.1) is 22.9 Å². The molecule has 1 fully saturated rings. The van der Waals surface area contributed by atoms with Gasteiger partial charge in [0.15, 0.2) is 0 Å². The molecule has 2 heterocycles. The lowest BCUT2D eigenvalue weighted by Crippen LogP contribution is -2.48. The van der Waals surface area contributed by atoms with E-state index in [4.69, 9.17) is 4.74 Å². The number of morpholine rings is 1. The molecule has 0 spiro atoms. The second-order valence-corrected chi connectivity index (χ2v) is 8.25. The summed E-state index contributed by atoms with van der Waals surface area (Å²) in [5, 5.41) is 3.20. The van der Waals surface area contributed by atoms with Crippen molar-refractivity contribution in [2.75, 3.05) is 13.1 Å². The van der Waals surface area contributed by atoms with Crippen molar-refractivity contribution in [1.82, 2.24) is 9.88 Å². The highest BCUT2D eigenvalue weighted by molar-refractivity contribution is 7.98. The summed E-state index contributed by atoms with van der Waals surface area (Å²) in [7, 11) is 0. The third-order valence-electron chi connectivity index (χ3n) is 3.86. The molecule has 0 saturated carbocycles. The van der Waals surface area contributed by atoms with Crippen LogP contribution in [0.2, 0.25) is 0 Å². The molecule has 0 radical (unpaired) electrons. The number of thioether (sulfide) groups is 1. The van der Waals surface area contributed by atoms with Crippen molar-refractivity contribution in [2.45, 2.75) is 43.6 Å². The van der Waals surface area contributed by atoms with E-state index in [1.54, 1.807) is 23.1 Å². The third kappa shape index (κ3) is 4.37. The van der Waals surface area contributed by atoms with E-state index in [0.717, 1.165) is 26.9 Å². The maximum atomic E-state index is 12.6. The minimum atomic E-state index is 0.0867. The Morgan fingerprint density at radius 2 is 1.96 bits per heavy atom. The first-order valence-electron chi connectivity index (χ1n) is 8.10. The molecular formula is C18H22N2O2S2. The van der Waals surface area contributed by atoms with Gasteiger partial charge in [-0.1, -0.05) is 0 Å². The number of nitrogens with zero attached hydrogens (tertiary/aromatic N) is 2.